The molecule has 0 radical (unpaired) electrons. The summed E-state index contributed by atoms with van der Waals surface area (Å²) < 4.78 is 23.6. The molecular formula is C48H90N2O6P+. The van der Waals surface area contributed by atoms with Gasteiger partial charge in [0.2, 0.25) is 5.91 Å². The standard InChI is InChI=1S/C48H89N2O6P/c1-6-8-10-12-14-16-18-20-22-23-24-25-26-28-29-31-33-35-37-39-41-47(51)46(45-56-57(53,54)55-44-43-50(3,4)5)49-48(52)42-40-38-36-34-32-30-27-21-19-17-15-13-11-9-7-2/h9,11,15,17,21,27,32,34,38,40,46-47,51H,6-8,10,12-14,16,18-20,22-26,28-31,33,35-37,39,41-45H2,1-5H3,(H-,49,52,53,54)/p+1/b11-9-,17-15-,27-21-,34-32-,40-38-. The number of aliphatic hydroxyl groups excluding tert-OH is 1. The van der Waals surface area contributed by atoms with Crippen molar-refractivity contribution in [3.8, 4) is 0 Å². The van der Waals surface area contributed by atoms with E-state index in [-0.39, 0.29) is 25.5 Å². The van der Waals surface area contributed by atoms with E-state index in [1.165, 1.54) is 109 Å². The second-order valence-electron chi connectivity index (χ2n) is 16.8. The fraction of sp³-hybridized carbons (Fsp3) is 0.771. The Morgan fingerprint density at radius 3 is 1.39 bits per heavy atom. The highest BCUT2D eigenvalue weighted by Gasteiger charge is 2.28. The SMILES string of the molecule is CC/C=C\C/C=C\C/C=C\C/C=C\C/C=C\CC(=O)NC(COP(=O)(O)OCC[N+](C)(C)C)C(O)CCCCCCCCCCCCCCCCCCCCCC. The minimum absolute atomic E-state index is 0.0559. The van der Waals surface area contributed by atoms with Gasteiger partial charge in [-0.25, -0.2) is 4.57 Å². The summed E-state index contributed by atoms with van der Waals surface area (Å²) in [5.41, 5.74) is 0. The van der Waals surface area contributed by atoms with E-state index in [1.54, 1.807) is 6.08 Å². The number of amides is 1. The first-order valence-corrected chi connectivity index (χ1v) is 24.6. The van der Waals surface area contributed by atoms with E-state index < -0.39 is 20.0 Å². The van der Waals surface area contributed by atoms with Gasteiger partial charge in [0.05, 0.1) is 39.9 Å². The maximum absolute atomic E-state index is 12.8. The summed E-state index contributed by atoms with van der Waals surface area (Å²) in [7, 11) is 1.55. The van der Waals surface area contributed by atoms with Gasteiger partial charge in [0.25, 0.3) is 0 Å². The topological polar surface area (TPSA) is 105 Å². The lowest BCUT2D eigenvalue weighted by molar-refractivity contribution is -0.870. The first-order valence-electron chi connectivity index (χ1n) is 23.2. The van der Waals surface area contributed by atoms with Crippen LogP contribution in [0.1, 0.15) is 187 Å². The van der Waals surface area contributed by atoms with Crippen LogP contribution in [-0.2, 0) is 18.4 Å². The highest BCUT2D eigenvalue weighted by molar-refractivity contribution is 7.47. The number of carbonyl (C=O) groups excluding carboxylic acids is 1. The molecule has 0 aromatic carbocycles. The maximum atomic E-state index is 12.8. The van der Waals surface area contributed by atoms with Crippen LogP contribution in [0.25, 0.3) is 0 Å². The van der Waals surface area contributed by atoms with Crippen molar-refractivity contribution in [2.24, 2.45) is 0 Å². The zero-order chi connectivity index (χ0) is 42.1. The third-order valence-corrected chi connectivity index (χ3v) is 11.0. The Morgan fingerprint density at radius 1 is 0.596 bits per heavy atom. The van der Waals surface area contributed by atoms with E-state index in [4.69, 9.17) is 9.05 Å². The van der Waals surface area contributed by atoms with Crippen molar-refractivity contribution in [2.75, 3.05) is 40.9 Å². The summed E-state index contributed by atoms with van der Waals surface area (Å²) in [6.45, 7) is 4.69. The van der Waals surface area contributed by atoms with Crippen LogP contribution in [0.2, 0.25) is 0 Å². The van der Waals surface area contributed by atoms with Gasteiger partial charge in [-0.15, -0.1) is 0 Å². The van der Waals surface area contributed by atoms with Crippen molar-refractivity contribution in [1.82, 2.24) is 5.32 Å². The van der Waals surface area contributed by atoms with E-state index in [0.29, 0.717) is 17.4 Å². The van der Waals surface area contributed by atoms with Crippen LogP contribution < -0.4 is 5.32 Å². The first-order chi connectivity index (χ1) is 27.5. The van der Waals surface area contributed by atoms with Gasteiger partial charge in [0, 0.05) is 6.42 Å². The predicted molar refractivity (Wildman–Crippen MR) is 244 cm³/mol. The van der Waals surface area contributed by atoms with Crippen molar-refractivity contribution in [3.05, 3.63) is 60.8 Å². The monoisotopic (exact) mass is 822 g/mol. The minimum Gasteiger partial charge on any atom is -0.391 e. The highest BCUT2D eigenvalue weighted by atomic mass is 31.2. The number of nitrogens with zero attached hydrogens (tertiary/aromatic N) is 1. The highest BCUT2D eigenvalue weighted by Crippen LogP contribution is 2.43. The summed E-state index contributed by atoms with van der Waals surface area (Å²) >= 11 is 0. The minimum atomic E-state index is -4.34. The maximum Gasteiger partial charge on any atom is 0.472 e. The molecule has 0 fully saturated rings. The number of carbonyl (C=O) groups is 1. The molecule has 8 nitrogen and oxygen atoms in total. The van der Waals surface area contributed by atoms with E-state index in [0.717, 1.165) is 51.4 Å². The predicted octanol–water partition coefficient (Wildman–Crippen LogP) is 13.0. The quantitative estimate of drug-likeness (QED) is 0.0245. The number of aliphatic hydroxyl groups is 1. The summed E-state index contributed by atoms with van der Waals surface area (Å²) in [5.74, 6) is -0.272. The number of hydrogen-bond acceptors (Lipinski definition) is 5. The van der Waals surface area contributed by atoms with Crippen LogP contribution in [0.5, 0.6) is 0 Å². The summed E-state index contributed by atoms with van der Waals surface area (Å²) in [6.07, 6.45) is 51.4. The van der Waals surface area contributed by atoms with Gasteiger partial charge in [-0.3, -0.25) is 13.8 Å². The van der Waals surface area contributed by atoms with Gasteiger partial charge in [0.15, 0.2) is 0 Å². The summed E-state index contributed by atoms with van der Waals surface area (Å²) in [5, 5.41) is 13.9. The molecule has 1 amide bonds. The summed E-state index contributed by atoms with van der Waals surface area (Å²) in [4.78, 5) is 23.1. The Bertz CT molecular complexity index is 1110. The molecule has 3 N–H and O–H groups in total. The Kier molecular flexibility index (Phi) is 38.4. The van der Waals surface area contributed by atoms with Crippen molar-refractivity contribution in [3.63, 3.8) is 0 Å². The van der Waals surface area contributed by atoms with Crippen LogP contribution in [-0.4, -0.2) is 73.4 Å². The van der Waals surface area contributed by atoms with Crippen molar-refractivity contribution < 1.29 is 32.9 Å². The molecule has 0 aliphatic heterocycles. The molecule has 0 aromatic rings. The lowest BCUT2D eigenvalue weighted by atomic mass is 10.0. The van der Waals surface area contributed by atoms with E-state index in [1.807, 2.05) is 27.2 Å². The molecule has 0 saturated heterocycles. The molecule has 0 bridgehead atoms. The Morgan fingerprint density at radius 2 is 0.982 bits per heavy atom. The molecule has 0 aromatic heterocycles. The molecular weight excluding hydrogens is 732 g/mol. The Balaban J connectivity index is 4.43. The fourth-order valence-electron chi connectivity index (χ4n) is 6.41. The number of allylic oxidation sites excluding steroid dienone is 9. The molecule has 3 atom stereocenters. The molecule has 0 rings (SSSR count). The molecule has 0 aliphatic carbocycles. The normalized spacial score (nSPS) is 14.9. The lowest BCUT2D eigenvalue weighted by Gasteiger charge is -2.26. The first kappa shape index (κ1) is 55.2. The van der Waals surface area contributed by atoms with E-state index >= 15 is 0 Å². The zero-order valence-electron chi connectivity index (χ0n) is 37.6. The smallest absolute Gasteiger partial charge is 0.391 e. The van der Waals surface area contributed by atoms with Gasteiger partial charge < -0.3 is 19.8 Å². The number of nitrogens with one attached hydrogen (secondary N) is 1. The van der Waals surface area contributed by atoms with Gasteiger partial charge in [-0.2, -0.15) is 0 Å². The molecule has 332 valence electrons. The molecule has 0 spiro atoms. The largest absolute Gasteiger partial charge is 0.472 e. The number of unbranched alkanes of at least 4 members (excludes halogenated alkanes) is 19. The third-order valence-electron chi connectivity index (χ3n) is 10.1. The number of likely N-dealkylation sites (N-methyl/N-ethyl adjacent to an activating group) is 1. The second-order valence-corrected chi connectivity index (χ2v) is 18.2. The average molecular weight is 822 g/mol. The Hall–Kier alpha value is -1.80. The van der Waals surface area contributed by atoms with Crippen LogP contribution in [0.3, 0.4) is 0 Å². The van der Waals surface area contributed by atoms with Gasteiger partial charge in [0.1, 0.15) is 13.2 Å². The third kappa shape index (κ3) is 42.1. The number of phosphoric ester groups is 1. The zero-order valence-corrected chi connectivity index (χ0v) is 38.5. The Labute approximate surface area is 351 Å². The van der Waals surface area contributed by atoms with Gasteiger partial charge in [-0.1, -0.05) is 203 Å². The number of rotatable bonds is 41. The molecule has 57 heavy (non-hydrogen) atoms. The number of hydrogen-bond donors (Lipinski definition) is 3. The molecule has 0 heterocycles. The summed E-state index contributed by atoms with van der Waals surface area (Å²) in [6, 6.07) is -0.817. The van der Waals surface area contributed by atoms with Gasteiger partial charge >= 0.3 is 7.82 Å². The molecule has 0 aliphatic rings. The van der Waals surface area contributed by atoms with Crippen LogP contribution in [0.15, 0.2) is 60.8 Å². The number of phosphoric acid groups is 1. The fourth-order valence-corrected chi connectivity index (χ4v) is 7.14. The van der Waals surface area contributed by atoms with Crippen LogP contribution in [0, 0.1) is 0 Å². The van der Waals surface area contributed by atoms with Crippen molar-refractivity contribution in [2.45, 2.75) is 199 Å². The van der Waals surface area contributed by atoms with Gasteiger partial charge in [-0.05, 0) is 38.5 Å². The lowest BCUT2D eigenvalue weighted by Crippen LogP contribution is -2.46. The molecule has 3 unspecified atom stereocenters. The second kappa shape index (κ2) is 39.6. The van der Waals surface area contributed by atoms with E-state index in [2.05, 4.69) is 67.8 Å². The molecule has 0 saturated carbocycles. The van der Waals surface area contributed by atoms with Crippen LogP contribution >= 0.6 is 7.82 Å². The van der Waals surface area contributed by atoms with Crippen molar-refractivity contribution >= 4 is 13.7 Å². The number of quaternary nitrogens is 1. The molecule has 9 heteroatoms. The average Bonchev–Trinajstić information content (AvgIpc) is 3.16. The van der Waals surface area contributed by atoms with Crippen LogP contribution in [0.4, 0.5) is 0 Å². The van der Waals surface area contributed by atoms with Crippen molar-refractivity contribution in [1.29, 1.82) is 0 Å². The van der Waals surface area contributed by atoms with E-state index in [9.17, 15) is 19.4 Å².